The Balaban J connectivity index is 1.95. The molecule has 4 rings (SSSR count). The van der Waals surface area contributed by atoms with Crippen molar-refractivity contribution in [1.82, 2.24) is 0 Å². The highest BCUT2D eigenvalue weighted by Gasteiger charge is 2.73. The number of hydrogen-bond donors (Lipinski definition) is 1. The normalized spacial score (nSPS) is 38.8. The van der Waals surface area contributed by atoms with E-state index in [1.54, 1.807) is 12.3 Å². The molecule has 1 aromatic heterocycles. The molecule has 1 heterocycles. The van der Waals surface area contributed by atoms with E-state index in [4.69, 9.17) is 18.6 Å². The zero-order chi connectivity index (χ0) is 24.3. The fourth-order valence-corrected chi connectivity index (χ4v) is 7.24. The number of methoxy groups -OCH3 is 1. The van der Waals surface area contributed by atoms with Gasteiger partial charge in [-0.1, -0.05) is 20.8 Å². The van der Waals surface area contributed by atoms with Crippen LogP contribution in [-0.2, 0) is 35.0 Å². The molecule has 182 valence electrons. The molecule has 33 heavy (non-hydrogen) atoms. The number of hydrogen-bond acceptors (Lipinski definition) is 8. The molecule has 7 atom stereocenters. The van der Waals surface area contributed by atoms with Gasteiger partial charge in [0.1, 0.15) is 18.0 Å². The summed E-state index contributed by atoms with van der Waals surface area (Å²) in [5.41, 5.74) is -2.08. The van der Waals surface area contributed by atoms with E-state index in [1.165, 1.54) is 21.0 Å². The zero-order valence-electron chi connectivity index (χ0n) is 20.2. The van der Waals surface area contributed by atoms with Gasteiger partial charge in [-0.15, -0.1) is 0 Å². The van der Waals surface area contributed by atoms with Gasteiger partial charge in [-0.3, -0.25) is 14.4 Å². The molecular weight excluding hydrogens is 428 g/mol. The fourth-order valence-electron chi connectivity index (χ4n) is 7.24. The Hall–Kier alpha value is -2.35. The summed E-state index contributed by atoms with van der Waals surface area (Å²) < 4.78 is 22.6. The molecule has 3 aliphatic carbocycles. The van der Waals surface area contributed by atoms with Crippen LogP contribution in [0.25, 0.3) is 0 Å². The quantitative estimate of drug-likeness (QED) is 0.539. The van der Waals surface area contributed by atoms with Gasteiger partial charge in [0, 0.05) is 43.6 Å². The molecule has 0 bridgehead atoms. The summed E-state index contributed by atoms with van der Waals surface area (Å²) >= 11 is 0. The second-order valence-electron chi connectivity index (χ2n) is 10.7. The summed E-state index contributed by atoms with van der Waals surface area (Å²) in [6.07, 6.45) is 2.04. The van der Waals surface area contributed by atoms with E-state index in [9.17, 15) is 19.5 Å². The topological polar surface area (TPSA) is 112 Å². The zero-order valence-corrected chi connectivity index (χ0v) is 20.2. The highest BCUT2D eigenvalue weighted by molar-refractivity contribution is 5.79. The van der Waals surface area contributed by atoms with Gasteiger partial charge in [0.2, 0.25) is 0 Å². The standard InChI is InChI=1S/C25H34O8/c1-13(26)32-18-12-25(29)23(3,4)9-7-19(33-14(2)27)24(25,5)16-11-17-15(8-10-31-17)20(21(16)18)22(28)30-6/h8,10,16,18-21,29H,7,9,11-12H2,1-6H3/t16-,18?,19?,20?,21+,24+,25-/m1/s1. The maximum atomic E-state index is 13.1. The number of carbonyl (C=O) groups excluding carboxylic acids is 3. The van der Waals surface area contributed by atoms with Crippen LogP contribution in [0, 0.1) is 22.7 Å². The highest BCUT2D eigenvalue weighted by atomic mass is 16.6. The van der Waals surface area contributed by atoms with Gasteiger partial charge in [0.05, 0.1) is 24.9 Å². The van der Waals surface area contributed by atoms with Crippen LogP contribution in [0.2, 0.25) is 0 Å². The summed E-state index contributed by atoms with van der Waals surface area (Å²) in [6, 6.07) is 1.76. The summed E-state index contributed by atoms with van der Waals surface area (Å²) in [7, 11) is 1.33. The minimum Gasteiger partial charge on any atom is -0.469 e. The molecule has 0 aliphatic heterocycles. The smallest absolute Gasteiger partial charge is 0.313 e. The molecule has 8 nitrogen and oxygen atoms in total. The Morgan fingerprint density at radius 1 is 1.12 bits per heavy atom. The van der Waals surface area contributed by atoms with Crippen LogP contribution in [0.1, 0.15) is 71.1 Å². The average molecular weight is 463 g/mol. The molecule has 3 aliphatic rings. The van der Waals surface area contributed by atoms with E-state index in [0.717, 1.165) is 0 Å². The lowest BCUT2D eigenvalue weighted by Crippen LogP contribution is -2.74. The van der Waals surface area contributed by atoms with Crippen LogP contribution in [0.4, 0.5) is 0 Å². The Morgan fingerprint density at radius 3 is 2.39 bits per heavy atom. The van der Waals surface area contributed by atoms with Gasteiger partial charge in [-0.2, -0.15) is 0 Å². The maximum absolute atomic E-state index is 13.1. The van der Waals surface area contributed by atoms with Crippen molar-refractivity contribution >= 4 is 17.9 Å². The van der Waals surface area contributed by atoms with E-state index < -0.39 is 58.4 Å². The van der Waals surface area contributed by atoms with Crippen LogP contribution in [0.3, 0.4) is 0 Å². The van der Waals surface area contributed by atoms with Crippen molar-refractivity contribution in [3.8, 4) is 0 Å². The van der Waals surface area contributed by atoms with E-state index >= 15 is 0 Å². The summed E-state index contributed by atoms with van der Waals surface area (Å²) in [5.74, 6) is -2.26. The second kappa shape index (κ2) is 7.86. The van der Waals surface area contributed by atoms with Gasteiger partial charge < -0.3 is 23.7 Å². The van der Waals surface area contributed by atoms with Gasteiger partial charge in [-0.05, 0) is 30.2 Å². The predicted molar refractivity (Wildman–Crippen MR) is 116 cm³/mol. The summed E-state index contributed by atoms with van der Waals surface area (Å²) in [4.78, 5) is 37.3. The van der Waals surface area contributed by atoms with Crippen LogP contribution < -0.4 is 0 Å². The maximum Gasteiger partial charge on any atom is 0.313 e. The minimum absolute atomic E-state index is 0.135. The third kappa shape index (κ3) is 3.32. The molecule has 0 amide bonds. The number of ether oxygens (including phenoxy) is 3. The lowest BCUT2D eigenvalue weighted by Gasteiger charge is -2.68. The molecule has 8 heteroatoms. The van der Waals surface area contributed by atoms with Gasteiger partial charge in [0.15, 0.2) is 0 Å². The third-order valence-electron chi connectivity index (χ3n) is 8.86. The van der Waals surface area contributed by atoms with Crippen molar-refractivity contribution in [2.45, 2.75) is 84.0 Å². The SMILES string of the molecule is COC(=O)C1c2ccoc2C[C@@H]2[C@H]1C(OC(C)=O)C[C@@]1(O)C(C)(C)CCC(OC(C)=O)[C@]21C. The fraction of sp³-hybridized carbons (Fsp3) is 0.720. The second-order valence-corrected chi connectivity index (χ2v) is 10.7. The van der Waals surface area contributed by atoms with Crippen LogP contribution in [0.5, 0.6) is 0 Å². The van der Waals surface area contributed by atoms with Crippen molar-refractivity contribution in [3.63, 3.8) is 0 Å². The number of fused-ring (bicyclic) bond motifs is 4. The molecule has 2 saturated carbocycles. The van der Waals surface area contributed by atoms with E-state index in [0.29, 0.717) is 30.6 Å². The molecular formula is C25H34O8. The third-order valence-corrected chi connectivity index (χ3v) is 8.86. The van der Waals surface area contributed by atoms with Crippen molar-refractivity contribution < 1.29 is 38.1 Å². The average Bonchev–Trinajstić information content (AvgIpc) is 3.19. The number of rotatable bonds is 3. The predicted octanol–water partition coefficient (Wildman–Crippen LogP) is 3.15. The van der Waals surface area contributed by atoms with Crippen molar-refractivity contribution in [2.75, 3.05) is 7.11 Å². The molecule has 1 N–H and O–H groups in total. The Bertz CT molecular complexity index is 963. The Kier molecular flexibility index (Phi) is 5.67. The van der Waals surface area contributed by atoms with Crippen molar-refractivity contribution in [2.24, 2.45) is 22.7 Å². The number of carbonyl (C=O) groups is 3. The Labute approximate surface area is 193 Å². The summed E-state index contributed by atoms with van der Waals surface area (Å²) in [5, 5.41) is 12.4. The molecule has 0 saturated heterocycles. The molecule has 0 radical (unpaired) electrons. The largest absolute Gasteiger partial charge is 0.469 e. The van der Waals surface area contributed by atoms with Gasteiger partial charge in [-0.25, -0.2) is 0 Å². The first-order valence-electron chi connectivity index (χ1n) is 11.6. The van der Waals surface area contributed by atoms with Crippen LogP contribution in [0.15, 0.2) is 16.7 Å². The molecule has 0 spiro atoms. The lowest BCUT2D eigenvalue weighted by atomic mass is 9.40. The Morgan fingerprint density at radius 2 is 1.79 bits per heavy atom. The van der Waals surface area contributed by atoms with Crippen LogP contribution >= 0.6 is 0 Å². The van der Waals surface area contributed by atoms with Crippen molar-refractivity contribution in [1.29, 1.82) is 0 Å². The number of furan rings is 1. The van der Waals surface area contributed by atoms with Gasteiger partial charge in [0.25, 0.3) is 0 Å². The minimum atomic E-state index is -1.33. The monoisotopic (exact) mass is 462 g/mol. The lowest BCUT2D eigenvalue weighted by molar-refractivity contribution is -0.298. The van der Waals surface area contributed by atoms with Crippen LogP contribution in [-0.4, -0.2) is 47.9 Å². The first-order chi connectivity index (χ1) is 15.4. The van der Waals surface area contributed by atoms with E-state index in [1.807, 2.05) is 20.8 Å². The molecule has 3 unspecified atom stereocenters. The van der Waals surface area contributed by atoms with E-state index in [2.05, 4.69) is 0 Å². The molecule has 0 aromatic carbocycles. The van der Waals surface area contributed by atoms with Crippen molar-refractivity contribution in [3.05, 3.63) is 23.7 Å². The van der Waals surface area contributed by atoms with E-state index in [-0.39, 0.29) is 12.3 Å². The first-order valence-corrected chi connectivity index (χ1v) is 11.6. The number of aliphatic hydroxyl groups is 1. The first kappa shape index (κ1) is 23.8. The molecule has 1 aromatic rings. The summed E-state index contributed by atoms with van der Waals surface area (Å²) in [6.45, 7) is 8.65. The highest BCUT2D eigenvalue weighted by Crippen LogP contribution is 2.67. The number of esters is 3. The van der Waals surface area contributed by atoms with Gasteiger partial charge >= 0.3 is 17.9 Å². The molecule has 2 fully saturated rings.